The number of hydrogen-bond acceptors (Lipinski definition) is 5. The molecule has 1 N–H and O–H groups in total. The highest BCUT2D eigenvalue weighted by molar-refractivity contribution is 5.90. The zero-order valence-corrected chi connectivity index (χ0v) is 13.6. The predicted molar refractivity (Wildman–Crippen MR) is 87.8 cm³/mol. The average molecular weight is 331 g/mol. The van der Waals surface area contributed by atoms with Crippen molar-refractivity contribution in [2.24, 2.45) is 7.05 Å². The molecular formula is C16H21N5O3. The number of anilines is 1. The number of carbonyl (C=O) groups is 1. The fraction of sp³-hybridized carbons (Fsp3) is 0.500. The minimum Gasteiger partial charge on any atom is -0.474 e. The summed E-state index contributed by atoms with van der Waals surface area (Å²) in [5.74, 6) is 0.388. The largest absolute Gasteiger partial charge is 0.474 e. The predicted octanol–water partition coefficient (Wildman–Crippen LogP) is 1.33. The summed E-state index contributed by atoms with van der Waals surface area (Å²) in [5, 5.41) is 6.67. The van der Waals surface area contributed by atoms with Crippen molar-refractivity contribution in [3.63, 3.8) is 0 Å². The van der Waals surface area contributed by atoms with Crippen LogP contribution in [0.15, 0.2) is 29.5 Å². The highest BCUT2D eigenvalue weighted by Crippen LogP contribution is 2.23. The highest BCUT2D eigenvalue weighted by atomic mass is 16.5. The number of aromatic nitrogens is 4. The SMILES string of the molecule is Cn1cnn(CCC(=O)Nc2ccc(OC3CCCC3)nc2)c1=O. The molecule has 2 aromatic heterocycles. The van der Waals surface area contributed by atoms with Gasteiger partial charge in [0.1, 0.15) is 12.4 Å². The van der Waals surface area contributed by atoms with Crippen LogP contribution in [0.25, 0.3) is 0 Å². The van der Waals surface area contributed by atoms with Crippen molar-refractivity contribution in [2.75, 3.05) is 5.32 Å². The van der Waals surface area contributed by atoms with Gasteiger partial charge < -0.3 is 10.1 Å². The molecule has 0 unspecified atom stereocenters. The number of nitrogens with one attached hydrogen (secondary N) is 1. The lowest BCUT2D eigenvalue weighted by atomic mass is 10.3. The van der Waals surface area contributed by atoms with Crippen LogP contribution in [0, 0.1) is 0 Å². The first-order valence-electron chi connectivity index (χ1n) is 8.13. The number of nitrogens with zero attached hydrogens (tertiary/aromatic N) is 4. The molecule has 2 aromatic rings. The fourth-order valence-corrected chi connectivity index (χ4v) is 2.71. The van der Waals surface area contributed by atoms with Gasteiger partial charge in [0.15, 0.2) is 0 Å². The van der Waals surface area contributed by atoms with Crippen molar-refractivity contribution in [1.82, 2.24) is 19.3 Å². The maximum atomic E-state index is 11.9. The smallest absolute Gasteiger partial charge is 0.345 e. The Bertz CT molecular complexity index is 744. The van der Waals surface area contributed by atoms with Crippen LogP contribution >= 0.6 is 0 Å². The highest BCUT2D eigenvalue weighted by Gasteiger charge is 2.16. The molecular weight excluding hydrogens is 310 g/mol. The topological polar surface area (TPSA) is 91.0 Å². The Hall–Kier alpha value is -2.64. The van der Waals surface area contributed by atoms with Gasteiger partial charge >= 0.3 is 5.69 Å². The normalized spacial score (nSPS) is 14.7. The monoisotopic (exact) mass is 331 g/mol. The van der Waals surface area contributed by atoms with E-state index in [4.69, 9.17) is 4.74 Å². The van der Waals surface area contributed by atoms with E-state index >= 15 is 0 Å². The quantitative estimate of drug-likeness (QED) is 0.862. The Balaban J connectivity index is 1.49. The van der Waals surface area contributed by atoms with Crippen molar-refractivity contribution in [3.8, 4) is 5.88 Å². The summed E-state index contributed by atoms with van der Waals surface area (Å²) in [4.78, 5) is 27.8. The van der Waals surface area contributed by atoms with Gasteiger partial charge in [-0.15, -0.1) is 0 Å². The molecule has 8 heteroatoms. The first kappa shape index (κ1) is 16.2. The molecule has 1 saturated carbocycles. The van der Waals surface area contributed by atoms with Crippen LogP contribution in [0.5, 0.6) is 5.88 Å². The van der Waals surface area contributed by atoms with Crippen LogP contribution in [0.1, 0.15) is 32.1 Å². The first-order chi connectivity index (χ1) is 11.6. The molecule has 1 fully saturated rings. The molecule has 3 rings (SSSR count). The fourth-order valence-electron chi connectivity index (χ4n) is 2.71. The second-order valence-corrected chi connectivity index (χ2v) is 5.96. The summed E-state index contributed by atoms with van der Waals surface area (Å²) >= 11 is 0. The van der Waals surface area contributed by atoms with Crippen molar-refractivity contribution < 1.29 is 9.53 Å². The van der Waals surface area contributed by atoms with Crippen LogP contribution in [0.2, 0.25) is 0 Å². The first-order valence-corrected chi connectivity index (χ1v) is 8.13. The van der Waals surface area contributed by atoms with E-state index in [-0.39, 0.29) is 30.7 Å². The maximum Gasteiger partial charge on any atom is 0.345 e. The molecule has 0 saturated heterocycles. The van der Waals surface area contributed by atoms with Gasteiger partial charge in [0, 0.05) is 19.5 Å². The standard InChI is InChI=1S/C16H21N5O3/c1-20-11-18-21(16(20)23)9-8-14(22)19-12-6-7-15(17-10-12)24-13-4-2-3-5-13/h6-7,10-11,13H,2-5,8-9H2,1H3,(H,19,22). The third-order valence-electron chi connectivity index (χ3n) is 4.05. The molecule has 2 heterocycles. The summed E-state index contributed by atoms with van der Waals surface area (Å²) in [6, 6.07) is 3.53. The number of amides is 1. The Morgan fingerprint density at radius 2 is 2.17 bits per heavy atom. The van der Waals surface area contributed by atoms with E-state index in [1.165, 1.54) is 28.4 Å². The lowest BCUT2D eigenvalue weighted by Crippen LogP contribution is -2.25. The molecule has 128 valence electrons. The van der Waals surface area contributed by atoms with Gasteiger partial charge in [-0.3, -0.25) is 9.36 Å². The molecule has 24 heavy (non-hydrogen) atoms. The Morgan fingerprint density at radius 1 is 1.38 bits per heavy atom. The second-order valence-electron chi connectivity index (χ2n) is 5.96. The molecule has 1 aliphatic rings. The van der Waals surface area contributed by atoms with E-state index in [0.717, 1.165) is 12.8 Å². The number of aryl methyl sites for hydroxylation is 2. The Kier molecular flexibility index (Phi) is 4.93. The van der Waals surface area contributed by atoms with Gasteiger partial charge in [-0.1, -0.05) is 0 Å². The lowest BCUT2D eigenvalue weighted by Gasteiger charge is -2.12. The van der Waals surface area contributed by atoms with Gasteiger partial charge in [0.25, 0.3) is 0 Å². The molecule has 0 radical (unpaired) electrons. The summed E-state index contributed by atoms with van der Waals surface area (Å²) in [5.41, 5.74) is 0.366. The van der Waals surface area contributed by atoms with Gasteiger partial charge in [-0.25, -0.2) is 14.5 Å². The molecule has 0 aromatic carbocycles. The van der Waals surface area contributed by atoms with Crippen molar-refractivity contribution >= 4 is 11.6 Å². The Labute approximate surface area is 139 Å². The van der Waals surface area contributed by atoms with Gasteiger partial charge in [-0.05, 0) is 31.7 Å². The second kappa shape index (κ2) is 7.29. The summed E-state index contributed by atoms with van der Waals surface area (Å²) < 4.78 is 8.41. The zero-order chi connectivity index (χ0) is 16.9. The number of hydrogen-bond donors (Lipinski definition) is 1. The maximum absolute atomic E-state index is 11.9. The van der Waals surface area contributed by atoms with Gasteiger partial charge in [0.2, 0.25) is 11.8 Å². The number of carbonyl (C=O) groups excluding carboxylic acids is 1. The molecule has 0 aliphatic heterocycles. The average Bonchev–Trinajstić information content (AvgIpc) is 3.19. The zero-order valence-electron chi connectivity index (χ0n) is 13.6. The van der Waals surface area contributed by atoms with Gasteiger partial charge in [-0.2, -0.15) is 5.10 Å². The van der Waals surface area contributed by atoms with Crippen LogP contribution in [0.3, 0.4) is 0 Å². The number of pyridine rings is 1. The minimum atomic E-state index is -0.238. The van der Waals surface area contributed by atoms with E-state index < -0.39 is 0 Å². The minimum absolute atomic E-state index is 0.164. The van der Waals surface area contributed by atoms with Crippen LogP contribution in [-0.2, 0) is 18.4 Å². The molecule has 0 bridgehead atoms. The lowest BCUT2D eigenvalue weighted by molar-refractivity contribution is -0.116. The van der Waals surface area contributed by atoms with E-state index in [0.29, 0.717) is 11.6 Å². The number of ether oxygens (including phenoxy) is 1. The summed E-state index contributed by atoms with van der Waals surface area (Å²) in [6.07, 6.45) is 7.99. The summed E-state index contributed by atoms with van der Waals surface area (Å²) in [6.45, 7) is 0.238. The Morgan fingerprint density at radius 3 is 2.79 bits per heavy atom. The van der Waals surface area contributed by atoms with Crippen LogP contribution < -0.4 is 15.7 Å². The van der Waals surface area contributed by atoms with Crippen molar-refractivity contribution in [2.45, 2.75) is 44.8 Å². The van der Waals surface area contributed by atoms with Crippen LogP contribution in [0.4, 0.5) is 5.69 Å². The van der Waals surface area contributed by atoms with Crippen LogP contribution in [-0.4, -0.2) is 31.3 Å². The molecule has 0 spiro atoms. The third kappa shape index (κ3) is 4.01. The molecule has 1 amide bonds. The van der Waals surface area contributed by atoms with Crippen molar-refractivity contribution in [1.29, 1.82) is 0 Å². The molecule has 8 nitrogen and oxygen atoms in total. The van der Waals surface area contributed by atoms with E-state index in [9.17, 15) is 9.59 Å². The third-order valence-corrected chi connectivity index (χ3v) is 4.05. The summed E-state index contributed by atoms with van der Waals surface area (Å²) in [7, 11) is 1.62. The molecule has 1 aliphatic carbocycles. The van der Waals surface area contributed by atoms with Crippen molar-refractivity contribution in [3.05, 3.63) is 35.1 Å². The molecule has 0 atom stereocenters. The van der Waals surface area contributed by atoms with E-state index in [1.54, 1.807) is 25.4 Å². The van der Waals surface area contributed by atoms with E-state index in [2.05, 4.69) is 15.4 Å². The number of rotatable bonds is 6. The van der Waals surface area contributed by atoms with Gasteiger partial charge in [0.05, 0.1) is 18.4 Å². The van der Waals surface area contributed by atoms with E-state index in [1.807, 2.05) is 0 Å².